The van der Waals surface area contributed by atoms with E-state index in [0.717, 1.165) is 0 Å². The summed E-state index contributed by atoms with van der Waals surface area (Å²) >= 11 is 0. The van der Waals surface area contributed by atoms with E-state index >= 15 is 0 Å². The molecule has 0 radical (unpaired) electrons. The Hall–Kier alpha value is -1.62. The van der Waals surface area contributed by atoms with Crippen LogP contribution in [0.5, 0.6) is 0 Å². The summed E-state index contributed by atoms with van der Waals surface area (Å²) in [7, 11) is 0. The van der Waals surface area contributed by atoms with Crippen LogP contribution in [0.4, 0.5) is 0 Å². The quantitative estimate of drug-likeness (QED) is 0.746. The van der Waals surface area contributed by atoms with Crippen molar-refractivity contribution < 1.29 is 15.0 Å². The largest absolute Gasteiger partial charge is 0.477 e. The van der Waals surface area contributed by atoms with Gasteiger partial charge in [-0.3, -0.25) is 4.79 Å². The third-order valence-electron chi connectivity index (χ3n) is 2.24. The van der Waals surface area contributed by atoms with Gasteiger partial charge in [0.25, 0.3) is 5.56 Å². The molecule has 1 aromatic heterocycles. The van der Waals surface area contributed by atoms with E-state index in [1.54, 1.807) is 19.9 Å². The van der Waals surface area contributed by atoms with E-state index in [-0.39, 0.29) is 18.7 Å². The van der Waals surface area contributed by atoms with Crippen LogP contribution in [0.3, 0.4) is 0 Å². The SMILES string of the molecule is Cc1cc(C)n(CCO)c(=O)c1C(=O)O. The van der Waals surface area contributed by atoms with E-state index in [9.17, 15) is 9.59 Å². The summed E-state index contributed by atoms with van der Waals surface area (Å²) in [6.07, 6.45) is 0. The molecule has 5 nitrogen and oxygen atoms in total. The first kappa shape index (κ1) is 11.5. The molecule has 0 bridgehead atoms. The molecule has 1 rings (SSSR count). The number of rotatable bonds is 3. The lowest BCUT2D eigenvalue weighted by atomic mass is 10.1. The zero-order valence-corrected chi connectivity index (χ0v) is 8.65. The standard InChI is InChI=1S/C10H13NO4/c1-6-5-7(2)11(3-4-12)9(13)8(6)10(14)15/h5,12H,3-4H2,1-2H3,(H,14,15). The predicted molar refractivity (Wildman–Crippen MR) is 54.2 cm³/mol. The Balaban J connectivity index is 3.49. The fourth-order valence-corrected chi connectivity index (χ4v) is 1.57. The van der Waals surface area contributed by atoms with Crippen molar-refractivity contribution in [3.8, 4) is 0 Å². The van der Waals surface area contributed by atoms with Crippen molar-refractivity contribution in [1.29, 1.82) is 0 Å². The van der Waals surface area contributed by atoms with E-state index in [4.69, 9.17) is 10.2 Å². The minimum atomic E-state index is -1.23. The maximum Gasteiger partial charge on any atom is 0.341 e. The number of pyridine rings is 1. The lowest BCUT2D eigenvalue weighted by Crippen LogP contribution is -2.30. The summed E-state index contributed by atoms with van der Waals surface area (Å²) in [4.78, 5) is 22.5. The number of nitrogens with zero attached hydrogens (tertiary/aromatic N) is 1. The third-order valence-corrected chi connectivity index (χ3v) is 2.24. The number of carbonyl (C=O) groups is 1. The molecule has 5 heteroatoms. The smallest absolute Gasteiger partial charge is 0.341 e. The highest BCUT2D eigenvalue weighted by molar-refractivity contribution is 5.88. The second-order valence-electron chi connectivity index (χ2n) is 3.33. The summed E-state index contributed by atoms with van der Waals surface area (Å²) < 4.78 is 1.26. The van der Waals surface area contributed by atoms with Crippen LogP contribution in [0, 0.1) is 13.8 Å². The van der Waals surface area contributed by atoms with E-state index in [1.165, 1.54) is 4.57 Å². The molecule has 0 amide bonds. The molecule has 82 valence electrons. The first-order valence-corrected chi connectivity index (χ1v) is 4.54. The molecule has 1 aromatic rings. The molecule has 0 aromatic carbocycles. The molecular weight excluding hydrogens is 198 g/mol. The molecule has 2 N–H and O–H groups in total. The van der Waals surface area contributed by atoms with Crippen molar-refractivity contribution in [2.75, 3.05) is 6.61 Å². The Labute approximate surface area is 86.6 Å². The lowest BCUT2D eigenvalue weighted by Gasteiger charge is -2.11. The molecule has 15 heavy (non-hydrogen) atoms. The van der Waals surface area contributed by atoms with Gasteiger partial charge in [0.15, 0.2) is 0 Å². The van der Waals surface area contributed by atoms with Gasteiger partial charge in [0.1, 0.15) is 5.56 Å². The van der Waals surface area contributed by atoms with Crippen LogP contribution in [-0.2, 0) is 6.54 Å². The van der Waals surface area contributed by atoms with Gasteiger partial charge in [0.2, 0.25) is 0 Å². The van der Waals surface area contributed by atoms with E-state index in [2.05, 4.69) is 0 Å². The number of carboxylic acid groups (broad SMARTS) is 1. The number of aliphatic hydroxyl groups is 1. The van der Waals surface area contributed by atoms with Crippen LogP contribution < -0.4 is 5.56 Å². The van der Waals surface area contributed by atoms with Gasteiger partial charge >= 0.3 is 5.97 Å². The van der Waals surface area contributed by atoms with Crippen LogP contribution in [0.2, 0.25) is 0 Å². The predicted octanol–water partition coefficient (Wildman–Crippen LogP) is 0.156. The second kappa shape index (κ2) is 4.27. The van der Waals surface area contributed by atoms with Gasteiger partial charge in [-0.2, -0.15) is 0 Å². The molecule has 0 aliphatic carbocycles. The molecule has 0 saturated heterocycles. The van der Waals surface area contributed by atoms with Crippen molar-refractivity contribution in [3.05, 3.63) is 33.2 Å². The maximum atomic E-state index is 11.7. The molecule has 0 spiro atoms. The van der Waals surface area contributed by atoms with E-state index in [1.807, 2.05) is 0 Å². The van der Waals surface area contributed by atoms with Gasteiger partial charge in [-0.05, 0) is 25.5 Å². The molecule has 0 atom stereocenters. The fraction of sp³-hybridized carbons (Fsp3) is 0.400. The summed E-state index contributed by atoms with van der Waals surface area (Å²) in [6, 6.07) is 1.63. The van der Waals surface area contributed by atoms with Crippen molar-refractivity contribution in [2.45, 2.75) is 20.4 Å². The first-order chi connectivity index (χ1) is 6.99. The van der Waals surface area contributed by atoms with Gasteiger partial charge < -0.3 is 14.8 Å². The van der Waals surface area contributed by atoms with Crippen molar-refractivity contribution in [1.82, 2.24) is 4.57 Å². The number of carboxylic acids is 1. The minimum absolute atomic E-state index is 0.116. The summed E-state index contributed by atoms with van der Waals surface area (Å²) in [5.74, 6) is -1.23. The Bertz CT molecular complexity index is 447. The van der Waals surface area contributed by atoms with E-state index < -0.39 is 11.5 Å². The molecule has 0 fully saturated rings. The first-order valence-electron chi connectivity index (χ1n) is 4.54. The van der Waals surface area contributed by atoms with Crippen molar-refractivity contribution >= 4 is 5.97 Å². The third kappa shape index (κ3) is 2.07. The van der Waals surface area contributed by atoms with Crippen LogP contribution in [0.15, 0.2) is 10.9 Å². The Morgan fingerprint density at radius 1 is 1.47 bits per heavy atom. The number of aromatic nitrogens is 1. The van der Waals surface area contributed by atoms with Gasteiger partial charge in [-0.25, -0.2) is 4.79 Å². The van der Waals surface area contributed by atoms with Gasteiger partial charge in [0.05, 0.1) is 6.61 Å². The second-order valence-corrected chi connectivity index (χ2v) is 3.33. The van der Waals surface area contributed by atoms with Crippen LogP contribution in [-0.4, -0.2) is 27.4 Å². The van der Waals surface area contributed by atoms with Crippen molar-refractivity contribution in [3.63, 3.8) is 0 Å². The monoisotopic (exact) mass is 211 g/mol. The molecule has 0 aliphatic heterocycles. The summed E-state index contributed by atoms with van der Waals surface area (Å²) in [5, 5.41) is 17.6. The topological polar surface area (TPSA) is 79.5 Å². The van der Waals surface area contributed by atoms with Crippen molar-refractivity contribution in [2.24, 2.45) is 0 Å². The van der Waals surface area contributed by atoms with Gasteiger partial charge in [-0.1, -0.05) is 0 Å². The highest BCUT2D eigenvalue weighted by atomic mass is 16.4. The number of hydrogen-bond acceptors (Lipinski definition) is 3. The number of aliphatic hydroxyl groups excluding tert-OH is 1. The van der Waals surface area contributed by atoms with E-state index in [0.29, 0.717) is 11.3 Å². The minimum Gasteiger partial charge on any atom is -0.477 e. The normalized spacial score (nSPS) is 10.3. The lowest BCUT2D eigenvalue weighted by molar-refractivity contribution is 0.0693. The summed E-state index contributed by atoms with van der Waals surface area (Å²) in [6.45, 7) is 3.21. The fourth-order valence-electron chi connectivity index (χ4n) is 1.57. The summed E-state index contributed by atoms with van der Waals surface area (Å²) in [5.41, 5.74) is 0.304. The Morgan fingerprint density at radius 3 is 2.53 bits per heavy atom. The Morgan fingerprint density at radius 2 is 2.07 bits per heavy atom. The van der Waals surface area contributed by atoms with Crippen LogP contribution in [0.1, 0.15) is 21.6 Å². The molecule has 0 unspecified atom stereocenters. The Kier molecular flexibility index (Phi) is 3.26. The zero-order valence-electron chi connectivity index (χ0n) is 8.65. The molecule has 0 saturated carbocycles. The van der Waals surface area contributed by atoms with Gasteiger partial charge in [-0.15, -0.1) is 0 Å². The number of hydrogen-bond donors (Lipinski definition) is 2. The highest BCUT2D eigenvalue weighted by Crippen LogP contribution is 2.06. The maximum absolute atomic E-state index is 11.7. The molecular formula is C10H13NO4. The number of aryl methyl sites for hydroxylation is 2. The number of aromatic carboxylic acids is 1. The van der Waals surface area contributed by atoms with Crippen LogP contribution in [0.25, 0.3) is 0 Å². The average molecular weight is 211 g/mol. The van der Waals surface area contributed by atoms with Gasteiger partial charge in [0, 0.05) is 12.2 Å². The average Bonchev–Trinajstić information content (AvgIpc) is 2.11. The molecule has 1 heterocycles. The molecule has 0 aliphatic rings. The van der Waals surface area contributed by atoms with Crippen LogP contribution >= 0.6 is 0 Å². The highest BCUT2D eigenvalue weighted by Gasteiger charge is 2.15. The zero-order chi connectivity index (χ0) is 11.6.